The Balaban J connectivity index is 1.72. The van der Waals surface area contributed by atoms with Gasteiger partial charge < -0.3 is 14.9 Å². The SMILES string of the molecule is O=C(O)CCCCSC1=CC(=O)c2onc(C(=O)Nc3ccccc3)c2C1=O. The van der Waals surface area contributed by atoms with E-state index >= 15 is 0 Å². The second-order valence-corrected chi connectivity index (χ2v) is 7.09. The molecule has 0 fully saturated rings. The number of para-hydroxylation sites is 1. The fourth-order valence-electron chi connectivity index (χ4n) is 2.58. The first-order valence-corrected chi connectivity index (χ1v) is 9.47. The van der Waals surface area contributed by atoms with Crippen molar-refractivity contribution in [2.75, 3.05) is 11.1 Å². The summed E-state index contributed by atoms with van der Waals surface area (Å²) in [4.78, 5) is 48.2. The minimum absolute atomic E-state index is 0.0477. The Hall–Kier alpha value is -3.20. The van der Waals surface area contributed by atoms with E-state index < -0.39 is 23.4 Å². The van der Waals surface area contributed by atoms with E-state index in [1.165, 1.54) is 0 Å². The average molecular weight is 400 g/mol. The van der Waals surface area contributed by atoms with Crippen molar-refractivity contribution in [3.8, 4) is 0 Å². The number of Topliss-reactive ketones (excluding diaryl/α,β-unsaturated/α-hetero) is 1. The standard InChI is InChI=1S/C19H16N2O6S/c22-12-10-13(28-9-5-4-8-14(23)24)17(25)15-16(21-27-18(12)15)19(26)20-11-6-2-1-3-7-11/h1-3,6-7,10H,4-5,8-9H2,(H,20,26)(H,23,24). The molecule has 1 aliphatic carbocycles. The molecule has 2 aromatic rings. The lowest BCUT2D eigenvalue weighted by Crippen LogP contribution is -2.20. The first-order chi connectivity index (χ1) is 13.5. The maximum atomic E-state index is 12.8. The minimum Gasteiger partial charge on any atom is -0.481 e. The van der Waals surface area contributed by atoms with Gasteiger partial charge in [0.05, 0.1) is 4.91 Å². The number of thioether (sulfide) groups is 1. The van der Waals surface area contributed by atoms with Crippen molar-refractivity contribution in [1.29, 1.82) is 0 Å². The second kappa shape index (κ2) is 8.66. The van der Waals surface area contributed by atoms with Crippen LogP contribution in [-0.2, 0) is 4.79 Å². The smallest absolute Gasteiger partial charge is 0.303 e. The summed E-state index contributed by atoms with van der Waals surface area (Å²) in [5.74, 6) is -2.34. The molecule has 1 heterocycles. The van der Waals surface area contributed by atoms with E-state index in [2.05, 4.69) is 10.5 Å². The molecule has 2 N–H and O–H groups in total. The van der Waals surface area contributed by atoms with Crippen LogP contribution in [0.15, 0.2) is 45.8 Å². The summed E-state index contributed by atoms with van der Waals surface area (Å²) < 4.78 is 4.95. The molecule has 3 rings (SSSR count). The Kier molecular flexibility index (Phi) is 6.05. The topological polar surface area (TPSA) is 127 Å². The molecule has 0 spiro atoms. The van der Waals surface area contributed by atoms with Gasteiger partial charge in [0.15, 0.2) is 5.69 Å². The van der Waals surface area contributed by atoms with Gasteiger partial charge in [-0.25, -0.2) is 0 Å². The highest BCUT2D eigenvalue weighted by Gasteiger charge is 2.36. The van der Waals surface area contributed by atoms with E-state index in [1.807, 2.05) is 0 Å². The van der Waals surface area contributed by atoms with Crippen LogP contribution < -0.4 is 5.32 Å². The van der Waals surface area contributed by atoms with Crippen molar-refractivity contribution >= 4 is 40.9 Å². The Labute approximate surface area is 164 Å². The van der Waals surface area contributed by atoms with Crippen molar-refractivity contribution in [3.05, 3.63) is 58.3 Å². The third-order valence-electron chi connectivity index (χ3n) is 3.92. The molecule has 28 heavy (non-hydrogen) atoms. The number of hydrogen-bond acceptors (Lipinski definition) is 7. The molecule has 9 heteroatoms. The number of allylic oxidation sites excluding steroid dienone is 2. The van der Waals surface area contributed by atoms with Crippen LogP contribution in [-0.4, -0.2) is 39.5 Å². The summed E-state index contributed by atoms with van der Waals surface area (Å²) >= 11 is 1.15. The first kappa shape index (κ1) is 19.6. The lowest BCUT2D eigenvalue weighted by atomic mass is 9.99. The number of fused-ring (bicyclic) bond motifs is 1. The molecule has 0 radical (unpaired) electrons. The molecule has 0 unspecified atom stereocenters. The number of carbonyl (C=O) groups excluding carboxylic acids is 3. The third kappa shape index (κ3) is 4.37. The third-order valence-corrected chi connectivity index (χ3v) is 5.03. The zero-order chi connectivity index (χ0) is 20.1. The minimum atomic E-state index is -0.878. The van der Waals surface area contributed by atoms with E-state index in [9.17, 15) is 19.2 Å². The molecule has 1 aromatic heterocycles. The van der Waals surface area contributed by atoms with Gasteiger partial charge in [0.2, 0.25) is 17.3 Å². The number of carboxylic acids is 1. The summed E-state index contributed by atoms with van der Waals surface area (Å²) in [5.41, 5.74) is 0.130. The van der Waals surface area contributed by atoms with Crippen LogP contribution in [0.4, 0.5) is 5.69 Å². The maximum Gasteiger partial charge on any atom is 0.303 e. The van der Waals surface area contributed by atoms with Crippen molar-refractivity contribution in [2.24, 2.45) is 0 Å². The normalized spacial score (nSPS) is 13.1. The molecule has 144 valence electrons. The monoisotopic (exact) mass is 400 g/mol. The van der Waals surface area contributed by atoms with Gasteiger partial charge in [0, 0.05) is 18.2 Å². The number of hydrogen-bond donors (Lipinski definition) is 2. The summed E-state index contributed by atoms with van der Waals surface area (Å²) in [6, 6.07) is 8.63. The van der Waals surface area contributed by atoms with Gasteiger partial charge in [-0.1, -0.05) is 23.4 Å². The molecule has 0 atom stereocenters. The number of ketones is 2. The summed E-state index contributed by atoms with van der Waals surface area (Å²) in [6.07, 6.45) is 2.26. The number of rotatable bonds is 8. The fourth-order valence-corrected chi connectivity index (χ4v) is 3.57. The van der Waals surface area contributed by atoms with Gasteiger partial charge in [-0.2, -0.15) is 0 Å². The molecule has 0 saturated heterocycles. The molecule has 1 aliphatic rings. The zero-order valence-corrected chi connectivity index (χ0v) is 15.5. The molecule has 0 bridgehead atoms. The number of nitrogens with zero attached hydrogens (tertiary/aromatic N) is 1. The van der Waals surface area contributed by atoms with Crippen molar-refractivity contribution in [3.63, 3.8) is 0 Å². The van der Waals surface area contributed by atoms with Gasteiger partial charge in [0.1, 0.15) is 5.56 Å². The fraction of sp³-hybridized carbons (Fsp3) is 0.211. The number of aliphatic carboxylic acids is 1. The number of aromatic nitrogens is 1. The van der Waals surface area contributed by atoms with Crippen LogP contribution >= 0.6 is 11.8 Å². The Morgan fingerprint density at radius 2 is 1.89 bits per heavy atom. The summed E-state index contributed by atoms with van der Waals surface area (Å²) in [5, 5.41) is 14.9. The average Bonchev–Trinajstić information content (AvgIpc) is 3.12. The maximum absolute atomic E-state index is 12.8. The van der Waals surface area contributed by atoms with Gasteiger partial charge in [0.25, 0.3) is 5.91 Å². The molecule has 8 nitrogen and oxygen atoms in total. The van der Waals surface area contributed by atoms with Gasteiger partial charge in [-0.05, 0) is 30.7 Å². The molecule has 1 amide bonds. The van der Waals surface area contributed by atoms with Gasteiger partial charge >= 0.3 is 5.97 Å². The van der Waals surface area contributed by atoms with Gasteiger partial charge in [-0.3, -0.25) is 19.2 Å². The molecular formula is C19H16N2O6S. The van der Waals surface area contributed by atoms with E-state index in [1.54, 1.807) is 30.3 Å². The van der Waals surface area contributed by atoms with Crippen LogP contribution in [0.5, 0.6) is 0 Å². The summed E-state index contributed by atoms with van der Waals surface area (Å²) in [6.45, 7) is 0. The van der Waals surface area contributed by atoms with E-state index in [4.69, 9.17) is 9.63 Å². The van der Waals surface area contributed by atoms with Crippen LogP contribution in [0.3, 0.4) is 0 Å². The van der Waals surface area contributed by atoms with Crippen LogP contribution in [0.1, 0.15) is 50.7 Å². The number of carbonyl (C=O) groups is 4. The highest BCUT2D eigenvalue weighted by atomic mass is 32.2. The summed E-state index contributed by atoms with van der Waals surface area (Å²) in [7, 11) is 0. The van der Waals surface area contributed by atoms with Crippen LogP contribution in [0, 0.1) is 0 Å². The predicted octanol–water partition coefficient (Wildman–Crippen LogP) is 3.18. The van der Waals surface area contributed by atoms with Crippen molar-refractivity contribution < 1.29 is 28.8 Å². The predicted molar refractivity (Wildman–Crippen MR) is 102 cm³/mol. The highest BCUT2D eigenvalue weighted by molar-refractivity contribution is 8.04. The quantitative estimate of drug-likeness (QED) is 0.647. The largest absolute Gasteiger partial charge is 0.481 e. The molecule has 0 saturated carbocycles. The highest BCUT2D eigenvalue weighted by Crippen LogP contribution is 2.31. The zero-order valence-electron chi connectivity index (χ0n) is 14.6. The molecule has 1 aromatic carbocycles. The van der Waals surface area contributed by atoms with E-state index in [0.717, 1.165) is 17.8 Å². The second-order valence-electron chi connectivity index (χ2n) is 5.96. The Bertz CT molecular complexity index is 964. The molecule has 0 aliphatic heterocycles. The lowest BCUT2D eigenvalue weighted by Gasteiger charge is -2.11. The molecular weight excluding hydrogens is 384 g/mol. The van der Waals surface area contributed by atoms with E-state index in [-0.39, 0.29) is 28.3 Å². The number of anilines is 1. The first-order valence-electron chi connectivity index (χ1n) is 8.48. The van der Waals surface area contributed by atoms with E-state index in [0.29, 0.717) is 24.3 Å². The van der Waals surface area contributed by atoms with Crippen LogP contribution in [0.2, 0.25) is 0 Å². The lowest BCUT2D eigenvalue weighted by molar-refractivity contribution is -0.137. The number of amides is 1. The van der Waals surface area contributed by atoms with Gasteiger partial charge in [-0.15, -0.1) is 11.8 Å². The number of unbranched alkanes of at least 4 members (excludes halogenated alkanes) is 1. The van der Waals surface area contributed by atoms with Crippen molar-refractivity contribution in [2.45, 2.75) is 19.3 Å². The van der Waals surface area contributed by atoms with Crippen LogP contribution in [0.25, 0.3) is 0 Å². The number of carboxylic acid groups (broad SMARTS) is 1. The van der Waals surface area contributed by atoms with Crippen molar-refractivity contribution in [1.82, 2.24) is 5.16 Å². The Morgan fingerprint density at radius 3 is 2.61 bits per heavy atom. The Morgan fingerprint density at radius 1 is 1.14 bits per heavy atom. The number of nitrogens with one attached hydrogen (secondary N) is 1. The number of benzene rings is 1.